The fraction of sp³-hybridized carbons (Fsp3) is 0.500. The van der Waals surface area contributed by atoms with Crippen LogP contribution in [0.25, 0.3) is 0 Å². The first-order valence-corrected chi connectivity index (χ1v) is 6.40. The Balaban J connectivity index is 0. The molecule has 12 heteroatoms. The van der Waals surface area contributed by atoms with E-state index in [9.17, 15) is 47.4 Å². The van der Waals surface area contributed by atoms with E-state index in [0.29, 0.717) is 0 Å². The number of Topliss-reactive ketones (excluding diaryl/α,β-unsaturated/α-hetero) is 1. The van der Waals surface area contributed by atoms with Crippen molar-refractivity contribution in [3.63, 3.8) is 0 Å². The van der Waals surface area contributed by atoms with Gasteiger partial charge < -0.3 is 10.2 Å². The molecule has 2 N–H and O–H groups in total. The van der Waals surface area contributed by atoms with Gasteiger partial charge in [0.05, 0.1) is 10.8 Å². The van der Waals surface area contributed by atoms with Gasteiger partial charge >= 0.3 is 18.1 Å². The summed E-state index contributed by atoms with van der Waals surface area (Å²) >= 11 is 0. The van der Waals surface area contributed by atoms with Crippen LogP contribution in [0.15, 0.2) is 12.2 Å². The molecule has 0 amide bonds. The van der Waals surface area contributed by atoms with Crippen LogP contribution < -0.4 is 0 Å². The summed E-state index contributed by atoms with van der Waals surface area (Å²) < 4.78 is 39.0. The van der Waals surface area contributed by atoms with Crippen LogP contribution in [-0.4, -0.2) is 46.0 Å². The first kappa shape index (κ1) is 26.8. The van der Waals surface area contributed by atoms with Gasteiger partial charge in [0, 0.05) is 51.1 Å². The summed E-state index contributed by atoms with van der Waals surface area (Å²) in [6.07, 6.45) is -7.03. The number of hydrogen-bond donors (Lipinski definition) is 2. The predicted molar refractivity (Wildman–Crippen MR) is 69.1 cm³/mol. The summed E-state index contributed by atoms with van der Waals surface area (Å²) in [6, 6.07) is 0. The van der Waals surface area contributed by atoms with E-state index in [0.717, 1.165) is 18.8 Å². The predicted octanol–water partition coefficient (Wildman–Crippen LogP) is 0.830. The molecular formula is C14H11F3O7Rh2. The summed E-state index contributed by atoms with van der Waals surface area (Å²) in [7, 11) is 0. The van der Waals surface area contributed by atoms with Gasteiger partial charge in [-0.1, -0.05) is 0 Å². The van der Waals surface area contributed by atoms with E-state index in [1.807, 2.05) is 0 Å². The van der Waals surface area contributed by atoms with Crippen molar-refractivity contribution < 1.29 is 86.3 Å². The van der Waals surface area contributed by atoms with Crippen molar-refractivity contribution in [3.8, 4) is 0 Å². The Morgan fingerprint density at radius 3 is 1.65 bits per heavy atom. The number of allylic oxidation sites excluding steroid dienone is 2. The molecule has 1 aliphatic carbocycles. The van der Waals surface area contributed by atoms with Gasteiger partial charge in [-0.05, 0) is 19.8 Å². The number of aliphatic carboxylic acids is 2. The topological polar surface area (TPSA) is 126 Å². The Labute approximate surface area is 170 Å². The smallest absolute Gasteiger partial charge is 0.451 e. The second kappa shape index (κ2) is 8.49. The fourth-order valence-corrected chi connectivity index (χ4v) is 3.32. The van der Waals surface area contributed by atoms with Crippen molar-refractivity contribution in [2.75, 3.05) is 0 Å². The molecule has 1 rings (SSSR count). The maximum Gasteiger partial charge on any atom is 0.451 e. The molecule has 0 aromatic rings. The number of carbonyl (C=O) groups excluding carboxylic acids is 3. The number of alkyl halides is 3. The normalized spacial score (nSPS) is 29.8. The van der Waals surface area contributed by atoms with Crippen LogP contribution in [0.2, 0.25) is 0 Å². The van der Waals surface area contributed by atoms with Gasteiger partial charge in [-0.2, -0.15) is 13.2 Å². The average Bonchev–Trinajstić information content (AvgIpc) is 2.70. The minimum atomic E-state index is -5.64. The van der Waals surface area contributed by atoms with E-state index in [1.165, 1.54) is 0 Å². The van der Waals surface area contributed by atoms with Crippen LogP contribution >= 0.6 is 0 Å². The van der Waals surface area contributed by atoms with E-state index >= 15 is 0 Å². The van der Waals surface area contributed by atoms with E-state index < -0.39 is 53.0 Å². The molecule has 0 aliphatic heterocycles. The van der Waals surface area contributed by atoms with Crippen LogP contribution in [0.5, 0.6) is 0 Å². The molecule has 2 unspecified atom stereocenters. The Kier molecular flexibility index (Phi) is 8.74. The van der Waals surface area contributed by atoms with Gasteiger partial charge in [0.1, 0.15) is 11.9 Å². The largest absolute Gasteiger partial charge is 0.481 e. The molecule has 2 atom stereocenters. The van der Waals surface area contributed by atoms with Crippen LogP contribution in [-0.2, 0) is 62.9 Å². The number of carboxylic acids is 2. The zero-order valence-electron chi connectivity index (χ0n) is 12.8. The van der Waals surface area contributed by atoms with Gasteiger partial charge in [0.25, 0.3) is 5.78 Å². The molecule has 0 spiro atoms. The third-order valence-electron chi connectivity index (χ3n) is 4.67. The number of rotatable bonds is 5. The summed E-state index contributed by atoms with van der Waals surface area (Å²) in [6.45, 7) is 0.853. The quantitative estimate of drug-likeness (QED) is 0.293. The van der Waals surface area contributed by atoms with Gasteiger partial charge in [0.2, 0.25) is 0 Å². The van der Waals surface area contributed by atoms with Crippen LogP contribution in [0.3, 0.4) is 0 Å². The first-order valence-electron chi connectivity index (χ1n) is 6.40. The molecule has 0 saturated heterocycles. The molecule has 1 aliphatic rings. The zero-order chi connectivity index (χ0) is 19.0. The van der Waals surface area contributed by atoms with Crippen LogP contribution in [0.1, 0.15) is 19.8 Å². The minimum absolute atomic E-state index is 0. The average molecular weight is 554 g/mol. The Morgan fingerprint density at radius 2 is 1.38 bits per heavy atom. The Morgan fingerprint density at radius 1 is 0.962 bits per heavy atom. The number of carboxylic acid groups (broad SMARTS) is 2. The minimum Gasteiger partial charge on any atom is -0.481 e. The van der Waals surface area contributed by atoms with Crippen LogP contribution in [0.4, 0.5) is 13.2 Å². The van der Waals surface area contributed by atoms with Crippen molar-refractivity contribution in [1.29, 1.82) is 0 Å². The molecule has 26 heavy (non-hydrogen) atoms. The van der Waals surface area contributed by atoms with Crippen LogP contribution in [0, 0.1) is 16.2 Å². The number of halogens is 3. The maximum absolute atomic E-state index is 13.0. The number of ketones is 1. The molecule has 0 aromatic carbocycles. The second-order valence-corrected chi connectivity index (χ2v) is 5.57. The van der Waals surface area contributed by atoms with E-state index in [-0.39, 0.29) is 51.1 Å². The molecule has 0 aromatic heterocycles. The molecular weight excluding hydrogens is 543 g/mol. The van der Waals surface area contributed by atoms with Crippen molar-refractivity contribution in [2.24, 2.45) is 16.2 Å². The van der Waals surface area contributed by atoms with Gasteiger partial charge in [-0.25, -0.2) is 9.59 Å². The van der Waals surface area contributed by atoms with Gasteiger partial charge in [-0.15, -0.1) is 0 Å². The van der Waals surface area contributed by atoms with Crippen molar-refractivity contribution in [2.45, 2.75) is 25.9 Å². The summed E-state index contributed by atoms with van der Waals surface area (Å²) in [4.78, 5) is 56.8. The first-order chi connectivity index (χ1) is 10.9. The van der Waals surface area contributed by atoms with Crippen molar-refractivity contribution in [1.82, 2.24) is 0 Å². The molecule has 0 heterocycles. The molecule has 1 fully saturated rings. The van der Waals surface area contributed by atoms with Gasteiger partial charge in [-0.3, -0.25) is 14.4 Å². The molecule has 7 nitrogen and oxygen atoms in total. The second-order valence-electron chi connectivity index (χ2n) is 5.57. The monoisotopic (exact) mass is 554 g/mol. The van der Waals surface area contributed by atoms with E-state index in [2.05, 4.69) is 0 Å². The summed E-state index contributed by atoms with van der Waals surface area (Å²) in [5.41, 5.74) is -8.62. The fourth-order valence-electron chi connectivity index (χ4n) is 3.32. The van der Waals surface area contributed by atoms with Crippen molar-refractivity contribution in [3.05, 3.63) is 12.2 Å². The summed E-state index contributed by atoms with van der Waals surface area (Å²) in [5.74, 6) is -4.78. The Bertz CT molecular complexity index is 690. The molecule has 2 radical (unpaired) electrons. The Hall–Kier alpha value is -1.45. The third kappa shape index (κ3) is 3.39. The molecule has 0 bridgehead atoms. The zero-order valence-corrected chi connectivity index (χ0v) is 16.1. The SMILES string of the molecule is CC1(C(=O)O)CCC(C(=O)O)(C(=O)C(F)(F)F)C1(C=C=O)C=C=O.[Rh].[Rh]. The van der Waals surface area contributed by atoms with Crippen molar-refractivity contribution >= 4 is 29.6 Å². The number of carbonyl (C=O) groups is 3. The summed E-state index contributed by atoms with van der Waals surface area (Å²) in [5, 5.41) is 18.8. The van der Waals surface area contributed by atoms with E-state index in [1.54, 1.807) is 0 Å². The molecule has 1 saturated carbocycles. The number of hydrogen-bond acceptors (Lipinski definition) is 5. The molecule has 148 valence electrons. The maximum atomic E-state index is 13.0. The van der Waals surface area contributed by atoms with Gasteiger partial charge in [0.15, 0.2) is 5.41 Å². The third-order valence-corrected chi connectivity index (χ3v) is 4.67. The van der Waals surface area contributed by atoms with E-state index in [4.69, 9.17) is 0 Å². The standard InChI is InChI=1S/C14H11F3O7.2Rh/c1-11(9(21)22)2-3-13(10(23)24,8(20)14(15,16)17)12(11,4-6-18)5-7-19;;/h4-5H,2-3H2,1H3,(H,21,22)(H,23,24);;.